The smallest absolute Gasteiger partial charge is 0.261 e. The van der Waals surface area contributed by atoms with Crippen molar-refractivity contribution < 1.29 is 14.3 Å². The summed E-state index contributed by atoms with van der Waals surface area (Å²) in [6.07, 6.45) is 0.0104. The maximum Gasteiger partial charge on any atom is 0.261 e. The fourth-order valence-corrected chi connectivity index (χ4v) is 2.47. The number of benzene rings is 2. The Kier molecular flexibility index (Phi) is 7.14. The van der Waals surface area contributed by atoms with Crippen molar-refractivity contribution in [1.29, 1.82) is 0 Å². The molecule has 0 spiro atoms. The van der Waals surface area contributed by atoms with E-state index in [2.05, 4.69) is 12.2 Å². The Morgan fingerprint density at radius 3 is 2.60 bits per heavy atom. The van der Waals surface area contributed by atoms with Gasteiger partial charge in [-0.05, 0) is 61.7 Å². The first kappa shape index (κ1) is 19.1. The van der Waals surface area contributed by atoms with Crippen molar-refractivity contribution in [2.75, 3.05) is 13.2 Å². The molecule has 1 N–H and O–H groups in total. The van der Waals surface area contributed by atoms with Crippen molar-refractivity contribution in [1.82, 2.24) is 5.32 Å². The monoisotopic (exact) mass is 361 g/mol. The van der Waals surface area contributed by atoms with E-state index in [1.54, 1.807) is 24.3 Å². The summed E-state index contributed by atoms with van der Waals surface area (Å²) in [6.45, 7) is 6.83. The van der Waals surface area contributed by atoms with Crippen LogP contribution in [0.2, 0.25) is 5.02 Å². The van der Waals surface area contributed by atoms with Gasteiger partial charge >= 0.3 is 0 Å². The van der Waals surface area contributed by atoms with Crippen molar-refractivity contribution in [2.24, 2.45) is 0 Å². The third kappa shape index (κ3) is 5.98. The maximum atomic E-state index is 12.2. The van der Waals surface area contributed by atoms with E-state index in [-0.39, 0.29) is 5.91 Å². The summed E-state index contributed by atoms with van der Waals surface area (Å²) in [6, 6.07) is 13.0. The van der Waals surface area contributed by atoms with Crippen LogP contribution < -0.4 is 14.8 Å². The third-order valence-corrected chi connectivity index (χ3v) is 4.12. The Morgan fingerprint density at radius 2 is 1.92 bits per heavy atom. The second kappa shape index (κ2) is 9.33. The van der Waals surface area contributed by atoms with Crippen LogP contribution in [0.1, 0.15) is 24.5 Å². The van der Waals surface area contributed by atoms with Crippen molar-refractivity contribution in [3.8, 4) is 11.5 Å². The van der Waals surface area contributed by atoms with Crippen molar-refractivity contribution in [2.45, 2.75) is 33.3 Å². The quantitative estimate of drug-likeness (QED) is 0.713. The Hall–Kier alpha value is -2.20. The number of nitrogens with one attached hydrogen (secondary N) is 1. The summed E-state index contributed by atoms with van der Waals surface area (Å²) in [5, 5.41) is 3.42. The number of ether oxygens (including phenoxy) is 2. The fraction of sp³-hybridized carbons (Fsp3) is 0.350. The minimum Gasteiger partial charge on any atom is -0.492 e. The molecular formula is C20H24ClNO3. The molecule has 4 nitrogen and oxygen atoms in total. The average Bonchev–Trinajstić information content (AvgIpc) is 2.59. The molecule has 1 atom stereocenters. The van der Waals surface area contributed by atoms with E-state index in [1.165, 1.54) is 11.1 Å². The average molecular weight is 362 g/mol. The molecule has 134 valence electrons. The van der Waals surface area contributed by atoms with Gasteiger partial charge in [0.15, 0.2) is 6.10 Å². The maximum absolute atomic E-state index is 12.2. The Morgan fingerprint density at radius 1 is 1.12 bits per heavy atom. The number of halogens is 1. The van der Waals surface area contributed by atoms with Crippen LogP contribution in [0, 0.1) is 13.8 Å². The van der Waals surface area contributed by atoms with Crippen LogP contribution >= 0.6 is 11.6 Å². The zero-order valence-electron chi connectivity index (χ0n) is 14.8. The molecule has 0 saturated heterocycles. The topological polar surface area (TPSA) is 47.6 Å². The number of aryl methyl sites for hydroxylation is 2. The molecule has 0 fully saturated rings. The van der Waals surface area contributed by atoms with E-state index in [9.17, 15) is 4.79 Å². The van der Waals surface area contributed by atoms with Crippen LogP contribution in [0.4, 0.5) is 0 Å². The lowest BCUT2D eigenvalue weighted by molar-refractivity contribution is -0.128. The largest absolute Gasteiger partial charge is 0.492 e. The van der Waals surface area contributed by atoms with E-state index in [1.807, 2.05) is 32.0 Å². The third-order valence-electron chi connectivity index (χ3n) is 3.89. The summed E-state index contributed by atoms with van der Waals surface area (Å²) in [4.78, 5) is 12.2. The first-order valence-electron chi connectivity index (χ1n) is 8.39. The van der Waals surface area contributed by atoms with Gasteiger partial charge in [-0.3, -0.25) is 4.79 Å². The van der Waals surface area contributed by atoms with Crippen molar-refractivity contribution in [3.63, 3.8) is 0 Å². The second-order valence-electron chi connectivity index (χ2n) is 5.86. The van der Waals surface area contributed by atoms with Crippen LogP contribution in [0.5, 0.6) is 11.5 Å². The number of hydrogen-bond donors (Lipinski definition) is 1. The Balaban J connectivity index is 1.78. The summed E-state index contributed by atoms with van der Waals surface area (Å²) >= 11 is 5.94. The molecule has 2 aromatic rings. The van der Waals surface area contributed by atoms with E-state index in [0.717, 1.165) is 5.75 Å². The van der Waals surface area contributed by atoms with Gasteiger partial charge in [0.1, 0.15) is 18.1 Å². The number of hydrogen-bond acceptors (Lipinski definition) is 3. The molecule has 0 aliphatic heterocycles. The predicted molar refractivity (Wildman–Crippen MR) is 101 cm³/mol. The Labute approximate surface area is 154 Å². The highest BCUT2D eigenvalue weighted by Crippen LogP contribution is 2.19. The van der Waals surface area contributed by atoms with E-state index in [0.29, 0.717) is 30.3 Å². The van der Waals surface area contributed by atoms with E-state index >= 15 is 0 Å². The molecule has 2 rings (SSSR count). The molecule has 5 heteroatoms. The molecule has 0 heterocycles. The van der Waals surface area contributed by atoms with Gasteiger partial charge < -0.3 is 14.8 Å². The molecular weight excluding hydrogens is 338 g/mol. The van der Waals surface area contributed by atoms with Gasteiger partial charge in [-0.15, -0.1) is 0 Å². The normalized spacial score (nSPS) is 11.7. The summed E-state index contributed by atoms with van der Waals surface area (Å²) < 4.78 is 11.4. The SMILES string of the molecule is CCC(Oc1cccc(Cl)c1)C(=O)NCCOc1ccc(C)c(C)c1. The van der Waals surface area contributed by atoms with Crippen molar-refractivity contribution in [3.05, 3.63) is 58.6 Å². The molecule has 2 aromatic carbocycles. The van der Waals surface area contributed by atoms with Gasteiger partial charge in [0.25, 0.3) is 5.91 Å². The van der Waals surface area contributed by atoms with Gasteiger partial charge in [-0.2, -0.15) is 0 Å². The van der Waals surface area contributed by atoms with Gasteiger partial charge in [-0.1, -0.05) is 30.7 Å². The lowest BCUT2D eigenvalue weighted by atomic mass is 10.1. The van der Waals surface area contributed by atoms with Crippen LogP contribution in [-0.2, 0) is 4.79 Å². The first-order chi connectivity index (χ1) is 12.0. The molecule has 0 saturated carbocycles. The fourth-order valence-electron chi connectivity index (χ4n) is 2.29. The number of amides is 1. The minimum absolute atomic E-state index is 0.161. The number of carbonyl (C=O) groups excluding carboxylic acids is 1. The Bertz CT molecular complexity index is 718. The van der Waals surface area contributed by atoms with Gasteiger partial charge in [0.05, 0.1) is 6.54 Å². The number of carbonyl (C=O) groups is 1. The summed E-state index contributed by atoms with van der Waals surface area (Å²) in [7, 11) is 0. The first-order valence-corrected chi connectivity index (χ1v) is 8.77. The van der Waals surface area contributed by atoms with Gasteiger partial charge in [-0.25, -0.2) is 0 Å². The van der Waals surface area contributed by atoms with Crippen LogP contribution in [0.3, 0.4) is 0 Å². The molecule has 0 aromatic heterocycles. The molecule has 0 bridgehead atoms. The lowest BCUT2D eigenvalue weighted by Gasteiger charge is -2.17. The number of rotatable bonds is 8. The minimum atomic E-state index is -0.555. The zero-order chi connectivity index (χ0) is 18.2. The predicted octanol–water partition coefficient (Wildman–Crippen LogP) is 4.31. The lowest BCUT2D eigenvalue weighted by Crippen LogP contribution is -2.39. The van der Waals surface area contributed by atoms with Crippen molar-refractivity contribution >= 4 is 17.5 Å². The molecule has 0 aliphatic carbocycles. The summed E-state index contributed by atoms with van der Waals surface area (Å²) in [5.74, 6) is 1.23. The van der Waals surface area contributed by atoms with Crippen LogP contribution in [-0.4, -0.2) is 25.2 Å². The van der Waals surface area contributed by atoms with Gasteiger partial charge in [0.2, 0.25) is 0 Å². The van der Waals surface area contributed by atoms with Crippen LogP contribution in [0.15, 0.2) is 42.5 Å². The van der Waals surface area contributed by atoms with Gasteiger partial charge in [0, 0.05) is 5.02 Å². The zero-order valence-corrected chi connectivity index (χ0v) is 15.6. The molecule has 0 radical (unpaired) electrons. The second-order valence-corrected chi connectivity index (χ2v) is 6.29. The van der Waals surface area contributed by atoms with E-state index in [4.69, 9.17) is 21.1 Å². The van der Waals surface area contributed by atoms with Crippen LogP contribution in [0.25, 0.3) is 0 Å². The summed E-state index contributed by atoms with van der Waals surface area (Å²) in [5.41, 5.74) is 2.41. The molecule has 1 unspecified atom stereocenters. The standard InChI is InChI=1S/C20H24ClNO3/c1-4-19(25-18-7-5-6-16(21)13-18)20(23)22-10-11-24-17-9-8-14(2)15(3)12-17/h5-9,12-13,19H,4,10-11H2,1-3H3,(H,22,23). The molecule has 0 aliphatic rings. The molecule has 25 heavy (non-hydrogen) atoms. The highest BCUT2D eigenvalue weighted by molar-refractivity contribution is 6.30. The van der Waals surface area contributed by atoms with E-state index < -0.39 is 6.10 Å². The molecule has 1 amide bonds. The highest BCUT2D eigenvalue weighted by Gasteiger charge is 2.18. The highest BCUT2D eigenvalue weighted by atomic mass is 35.5.